The fraction of sp³-hybridized carbons (Fsp3) is 0.158. The topological polar surface area (TPSA) is 127 Å². The van der Waals surface area contributed by atoms with Crippen molar-refractivity contribution >= 4 is 27.3 Å². The molecule has 1 aromatic heterocycles. The number of hydrogen-bond donors (Lipinski definition) is 1. The van der Waals surface area contributed by atoms with Gasteiger partial charge in [-0.2, -0.15) is 0 Å². The summed E-state index contributed by atoms with van der Waals surface area (Å²) < 4.78 is 27.0. The number of sulfonamides is 1. The average molecular weight is 429 g/mol. The first-order chi connectivity index (χ1) is 14.2. The molecule has 0 aliphatic heterocycles. The smallest absolute Gasteiger partial charge is 0.271 e. The molecule has 0 aliphatic rings. The molecule has 3 aromatic rings. The number of benzene rings is 2. The summed E-state index contributed by atoms with van der Waals surface area (Å²) in [5.41, 5.74) is 1.52. The number of nitro groups is 1. The van der Waals surface area contributed by atoms with Crippen molar-refractivity contribution < 1.29 is 18.1 Å². The lowest BCUT2D eigenvalue weighted by molar-refractivity contribution is -0.384. The van der Waals surface area contributed by atoms with Gasteiger partial charge in [0.1, 0.15) is 6.54 Å². The Morgan fingerprint density at radius 1 is 1.23 bits per heavy atom. The highest BCUT2D eigenvalue weighted by Gasteiger charge is 2.22. The van der Waals surface area contributed by atoms with Crippen LogP contribution in [0, 0.1) is 10.1 Å². The summed E-state index contributed by atoms with van der Waals surface area (Å²) in [6.45, 7) is -0.289. The molecule has 1 heterocycles. The minimum absolute atomic E-state index is 0.0477. The second-order valence-corrected chi connectivity index (χ2v) is 8.37. The van der Waals surface area contributed by atoms with Gasteiger partial charge in [0.25, 0.3) is 5.69 Å². The molecule has 3 rings (SSSR count). The molecular formula is C19H19N5O5S. The van der Waals surface area contributed by atoms with E-state index in [1.54, 1.807) is 12.5 Å². The van der Waals surface area contributed by atoms with Gasteiger partial charge in [-0.1, -0.05) is 18.2 Å². The van der Waals surface area contributed by atoms with Crippen molar-refractivity contribution in [3.63, 3.8) is 0 Å². The van der Waals surface area contributed by atoms with Gasteiger partial charge in [-0.3, -0.25) is 19.2 Å². The SMILES string of the molecule is CS(=O)(=O)N(CC(=O)NCc1ccc(-n2ccnc2)cc1)c1cccc([N+](=O)[O-])c1. The highest BCUT2D eigenvalue weighted by atomic mass is 32.2. The van der Waals surface area contributed by atoms with E-state index in [2.05, 4.69) is 10.3 Å². The lowest BCUT2D eigenvalue weighted by Gasteiger charge is -2.21. The molecule has 1 amide bonds. The van der Waals surface area contributed by atoms with Gasteiger partial charge in [0.2, 0.25) is 15.9 Å². The summed E-state index contributed by atoms with van der Waals surface area (Å²) in [6.07, 6.45) is 6.09. The molecule has 0 saturated heterocycles. The standard InChI is InChI=1S/C19H19N5O5S/c1-30(28,29)23(17-3-2-4-18(11-17)24(26)27)13-19(25)21-12-15-5-7-16(8-6-15)22-10-9-20-14-22/h2-11,14H,12-13H2,1H3,(H,21,25). The third-order valence-corrected chi connectivity index (χ3v) is 5.39. The molecule has 0 spiro atoms. The van der Waals surface area contributed by atoms with Crippen LogP contribution in [-0.2, 0) is 21.4 Å². The molecule has 0 radical (unpaired) electrons. The van der Waals surface area contributed by atoms with Crippen LogP contribution in [0.3, 0.4) is 0 Å². The summed E-state index contributed by atoms with van der Waals surface area (Å²) in [5.74, 6) is -0.536. The molecule has 1 N–H and O–H groups in total. The largest absolute Gasteiger partial charge is 0.350 e. The summed E-state index contributed by atoms with van der Waals surface area (Å²) >= 11 is 0. The van der Waals surface area contributed by atoms with Crippen LogP contribution >= 0.6 is 0 Å². The summed E-state index contributed by atoms with van der Waals surface area (Å²) in [6, 6.07) is 12.5. The van der Waals surface area contributed by atoms with Gasteiger partial charge in [0.05, 0.1) is 23.2 Å². The Hall–Kier alpha value is -3.73. The average Bonchev–Trinajstić information content (AvgIpc) is 3.25. The first kappa shape index (κ1) is 21.0. The summed E-state index contributed by atoms with van der Waals surface area (Å²) in [5, 5.41) is 13.6. The van der Waals surface area contributed by atoms with Crippen molar-refractivity contribution in [2.24, 2.45) is 0 Å². The van der Waals surface area contributed by atoms with E-state index in [9.17, 15) is 23.3 Å². The van der Waals surface area contributed by atoms with Gasteiger partial charge in [-0.05, 0) is 23.8 Å². The Morgan fingerprint density at radius 3 is 2.57 bits per heavy atom. The molecule has 2 aromatic carbocycles. The van der Waals surface area contributed by atoms with Crippen LogP contribution < -0.4 is 9.62 Å². The molecular weight excluding hydrogens is 410 g/mol. The number of aromatic nitrogens is 2. The van der Waals surface area contributed by atoms with Crippen molar-refractivity contribution in [3.8, 4) is 5.69 Å². The van der Waals surface area contributed by atoms with E-state index < -0.39 is 27.4 Å². The van der Waals surface area contributed by atoms with Crippen LogP contribution in [0.5, 0.6) is 0 Å². The summed E-state index contributed by atoms with van der Waals surface area (Å²) in [7, 11) is -3.83. The number of anilines is 1. The lowest BCUT2D eigenvalue weighted by atomic mass is 10.2. The van der Waals surface area contributed by atoms with E-state index in [4.69, 9.17) is 0 Å². The molecule has 0 aliphatic carbocycles. The predicted octanol–water partition coefficient (Wildman–Crippen LogP) is 1.86. The highest BCUT2D eigenvalue weighted by molar-refractivity contribution is 7.92. The normalized spacial score (nSPS) is 11.1. The van der Waals surface area contributed by atoms with Gasteiger partial charge < -0.3 is 9.88 Å². The minimum atomic E-state index is -3.83. The zero-order chi connectivity index (χ0) is 21.7. The van der Waals surface area contributed by atoms with Crippen LogP contribution in [0.2, 0.25) is 0 Å². The first-order valence-corrected chi connectivity index (χ1v) is 10.6. The van der Waals surface area contributed by atoms with Crippen molar-refractivity contribution in [2.75, 3.05) is 17.1 Å². The van der Waals surface area contributed by atoms with Crippen LogP contribution in [0.1, 0.15) is 5.56 Å². The maximum Gasteiger partial charge on any atom is 0.271 e. The Balaban J connectivity index is 1.67. The van der Waals surface area contributed by atoms with E-state index in [-0.39, 0.29) is 17.9 Å². The minimum Gasteiger partial charge on any atom is -0.350 e. The number of rotatable bonds is 8. The van der Waals surface area contributed by atoms with E-state index in [1.807, 2.05) is 35.0 Å². The fourth-order valence-corrected chi connectivity index (χ4v) is 3.59. The van der Waals surface area contributed by atoms with Crippen LogP contribution in [-0.4, -0.2) is 41.6 Å². The van der Waals surface area contributed by atoms with Gasteiger partial charge in [-0.25, -0.2) is 13.4 Å². The Bertz CT molecular complexity index is 1140. The van der Waals surface area contributed by atoms with Gasteiger partial charge in [0, 0.05) is 36.8 Å². The van der Waals surface area contributed by atoms with Crippen molar-refractivity contribution in [3.05, 3.63) is 82.9 Å². The number of amides is 1. The van der Waals surface area contributed by atoms with E-state index in [0.29, 0.717) is 0 Å². The monoisotopic (exact) mass is 429 g/mol. The van der Waals surface area contributed by atoms with Crippen LogP contribution in [0.4, 0.5) is 11.4 Å². The molecule has 0 fully saturated rings. The molecule has 156 valence electrons. The fourth-order valence-electron chi connectivity index (χ4n) is 2.75. The number of nitro benzene ring substituents is 1. The van der Waals surface area contributed by atoms with E-state index in [1.165, 1.54) is 18.2 Å². The number of carbonyl (C=O) groups is 1. The molecule has 30 heavy (non-hydrogen) atoms. The highest BCUT2D eigenvalue weighted by Crippen LogP contribution is 2.23. The zero-order valence-corrected chi connectivity index (χ0v) is 16.8. The van der Waals surface area contributed by atoms with Crippen LogP contribution in [0.15, 0.2) is 67.3 Å². The summed E-state index contributed by atoms with van der Waals surface area (Å²) in [4.78, 5) is 26.7. The maximum absolute atomic E-state index is 12.4. The number of hydrogen-bond acceptors (Lipinski definition) is 6. The van der Waals surface area contributed by atoms with Crippen molar-refractivity contribution in [1.29, 1.82) is 0 Å². The second-order valence-electron chi connectivity index (χ2n) is 6.46. The van der Waals surface area contributed by atoms with Crippen molar-refractivity contribution in [1.82, 2.24) is 14.9 Å². The maximum atomic E-state index is 12.4. The molecule has 0 unspecified atom stereocenters. The predicted molar refractivity (Wildman–Crippen MR) is 111 cm³/mol. The number of non-ortho nitro benzene ring substituents is 1. The van der Waals surface area contributed by atoms with Gasteiger partial charge >= 0.3 is 0 Å². The first-order valence-electron chi connectivity index (χ1n) is 8.80. The quantitative estimate of drug-likeness (QED) is 0.430. The lowest BCUT2D eigenvalue weighted by Crippen LogP contribution is -2.40. The Labute approximate surface area is 173 Å². The molecule has 10 nitrogen and oxygen atoms in total. The molecule has 0 atom stereocenters. The molecule has 0 saturated carbocycles. The van der Waals surface area contributed by atoms with E-state index >= 15 is 0 Å². The van der Waals surface area contributed by atoms with Crippen LogP contribution in [0.25, 0.3) is 5.69 Å². The Kier molecular flexibility index (Phi) is 6.11. The van der Waals surface area contributed by atoms with Gasteiger partial charge in [-0.15, -0.1) is 0 Å². The van der Waals surface area contributed by atoms with Gasteiger partial charge in [0.15, 0.2) is 0 Å². The van der Waals surface area contributed by atoms with E-state index in [0.717, 1.165) is 27.9 Å². The number of imidazole rings is 1. The third-order valence-electron chi connectivity index (χ3n) is 4.24. The zero-order valence-electron chi connectivity index (χ0n) is 16.0. The number of carbonyl (C=O) groups excluding carboxylic acids is 1. The molecule has 11 heteroatoms. The second kappa shape index (κ2) is 8.74. The third kappa shape index (κ3) is 5.20. The number of nitrogens with zero attached hydrogens (tertiary/aromatic N) is 4. The van der Waals surface area contributed by atoms with Crippen molar-refractivity contribution in [2.45, 2.75) is 6.54 Å². The number of nitrogens with one attached hydrogen (secondary N) is 1. The molecule has 0 bridgehead atoms. The Morgan fingerprint density at radius 2 is 1.97 bits per heavy atom.